The first-order valence-electron chi connectivity index (χ1n) is 5.99. The highest BCUT2D eigenvalue weighted by atomic mass is 19.4. The third kappa shape index (κ3) is 2.97. The molecule has 19 heavy (non-hydrogen) atoms. The van der Waals surface area contributed by atoms with Crippen LogP contribution in [0.3, 0.4) is 0 Å². The molecule has 1 aromatic rings. The molecule has 2 nitrogen and oxygen atoms in total. The number of hydrogen-bond donors (Lipinski definition) is 0. The van der Waals surface area contributed by atoms with Gasteiger partial charge in [-0.25, -0.2) is 0 Å². The highest BCUT2D eigenvalue weighted by molar-refractivity contribution is 5.90. The van der Waals surface area contributed by atoms with Gasteiger partial charge in [-0.05, 0) is 18.6 Å². The first kappa shape index (κ1) is 13.6. The van der Waals surface area contributed by atoms with Gasteiger partial charge in [-0.2, -0.15) is 13.2 Å². The van der Waals surface area contributed by atoms with E-state index in [1.165, 1.54) is 17.2 Å². The van der Waals surface area contributed by atoms with Crippen LogP contribution in [-0.4, -0.2) is 22.9 Å². The number of alkyl halides is 3. The fourth-order valence-electron chi connectivity index (χ4n) is 2.22. The van der Waals surface area contributed by atoms with Gasteiger partial charge in [0, 0.05) is 12.6 Å². The lowest BCUT2D eigenvalue weighted by atomic mass is 9.99. The van der Waals surface area contributed by atoms with Crippen LogP contribution in [-0.2, 0) is 4.79 Å². The second kappa shape index (κ2) is 5.07. The minimum atomic E-state index is -4.41. The van der Waals surface area contributed by atoms with Crippen molar-refractivity contribution in [2.24, 2.45) is 0 Å². The monoisotopic (exact) mass is 269 g/mol. The van der Waals surface area contributed by atoms with Crippen LogP contribution in [0.4, 0.5) is 13.2 Å². The quantitative estimate of drug-likeness (QED) is 0.819. The van der Waals surface area contributed by atoms with Gasteiger partial charge in [-0.15, -0.1) is 0 Å². The Morgan fingerprint density at radius 3 is 2.47 bits per heavy atom. The third-order valence-corrected chi connectivity index (χ3v) is 3.29. The normalized spacial score (nSPS) is 21.6. The summed E-state index contributed by atoms with van der Waals surface area (Å²) in [5.74, 6) is -0.487. The predicted molar refractivity (Wildman–Crippen MR) is 65.3 cm³/mol. The van der Waals surface area contributed by atoms with Crippen LogP contribution in [0.15, 0.2) is 42.6 Å². The maximum atomic E-state index is 13.0. The van der Waals surface area contributed by atoms with E-state index in [0.717, 1.165) is 5.56 Å². The largest absolute Gasteiger partial charge is 0.409 e. The number of ketones is 1. The van der Waals surface area contributed by atoms with Crippen molar-refractivity contribution in [3.05, 3.63) is 48.2 Å². The molecule has 1 aromatic carbocycles. The van der Waals surface area contributed by atoms with Crippen molar-refractivity contribution in [1.29, 1.82) is 0 Å². The Bertz CT molecular complexity index is 481. The van der Waals surface area contributed by atoms with Gasteiger partial charge in [-0.1, -0.05) is 30.3 Å². The maximum Gasteiger partial charge on any atom is 0.409 e. The summed E-state index contributed by atoms with van der Waals surface area (Å²) in [4.78, 5) is 12.4. The number of nitrogens with zero attached hydrogens (tertiary/aromatic N) is 1. The van der Waals surface area contributed by atoms with Gasteiger partial charge < -0.3 is 4.90 Å². The summed E-state index contributed by atoms with van der Waals surface area (Å²) in [6.07, 6.45) is -2.47. The summed E-state index contributed by atoms with van der Waals surface area (Å²) >= 11 is 0. The van der Waals surface area contributed by atoms with Crippen molar-refractivity contribution in [2.75, 3.05) is 0 Å². The number of benzene rings is 1. The van der Waals surface area contributed by atoms with Gasteiger partial charge in [0.2, 0.25) is 0 Å². The minimum Gasteiger partial charge on any atom is -0.359 e. The van der Waals surface area contributed by atoms with Gasteiger partial charge >= 0.3 is 6.18 Å². The van der Waals surface area contributed by atoms with Gasteiger partial charge in [0.25, 0.3) is 0 Å². The van der Waals surface area contributed by atoms with E-state index < -0.39 is 30.5 Å². The molecule has 1 heterocycles. The van der Waals surface area contributed by atoms with Crippen LogP contribution in [0.5, 0.6) is 0 Å². The second-order valence-electron chi connectivity index (χ2n) is 4.58. The topological polar surface area (TPSA) is 20.3 Å². The van der Waals surface area contributed by atoms with E-state index >= 15 is 0 Å². The molecule has 1 aliphatic heterocycles. The molecule has 0 saturated carbocycles. The Balaban J connectivity index is 2.30. The predicted octanol–water partition coefficient (Wildman–Crippen LogP) is 3.47. The molecule has 0 aromatic heterocycles. The molecule has 0 bridgehead atoms. The van der Waals surface area contributed by atoms with E-state index in [9.17, 15) is 18.0 Å². The van der Waals surface area contributed by atoms with Crippen LogP contribution in [0, 0.1) is 0 Å². The van der Waals surface area contributed by atoms with Crippen molar-refractivity contribution < 1.29 is 18.0 Å². The molecule has 102 valence electrons. The first-order chi connectivity index (χ1) is 8.89. The molecular formula is C14H14F3NO. The smallest absolute Gasteiger partial charge is 0.359 e. The maximum absolute atomic E-state index is 13.0. The third-order valence-electron chi connectivity index (χ3n) is 3.29. The number of hydrogen-bond acceptors (Lipinski definition) is 2. The van der Waals surface area contributed by atoms with Crippen molar-refractivity contribution in [1.82, 2.24) is 4.90 Å². The van der Waals surface area contributed by atoms with E-state index in [1.807, 2.05) is 6.07 Å². The SMILES string of the molecule is C[C@H](c1ccccc1)N1C=CC(=O)C[C@H]1C(F)(F)F. The summed E-state index contributed by atoms with van der Waals surface area (Å²) in [7, 11) is 0. The van der Waals surface area contributed by atoms with E-state index in [4.69, 9.17) is 0 Å². The molecule has 0 fully saturated rings. The average Bonchev–Trinajstić information content (AvgIpc) is 2.38. The zero-order chi connectivity index (χ0) is 14.0. The fourth-order valence-corrected chi connectivity index (χ4v) is 2.22. The van der Waals surface area contributed by atoms with E-state index in [2.05, 4.69) is 0 Å². The molecule has 0 aliphatic carbocycles. The van der Waals surface area contributed by atoms with Crippen molar-refractivity contribution in [3.8, 4) is 0 Å². The van der Waals surface area contributed by atoms with Crippen LogP contribution < -0.4 is 0 Å². The molecule has 0 spiro atoms. The molecule has 0 N–H and O–H groups in total. The molecule has 0 saturated heterocycles. The fraction of sp³-hybridized carbons (Fsp3) is 0.357. The van der Waals surface area contributed by atoms with Crippen LogP contribution in [0.25, 0.3) is 0 Å². The lowest BCUT2D eigenvalue weighted by molar-refractivity contribution is -0.186. The van der Waals surface area contributed by atoms with Gasteiger partial charge in [0.15, 0.2) is 5.78 Å². The lowest BCUT2D eigenvalue weighted by Gasteiger charge is -2.38. The molecule has 0 unspecified atom stereocenters. The molecule has 2 atom stereocenters. The van der Waals surface area contributed by atoms with Crippen LogP contribution in [0.1, 0.15) is 24.9 Å². The average molecular weight is 269 g/mol. The highest BCUT2D eigenvalue weighted by Crippen LogP contribution is 2.35. The minimum absolute atomic E-state index is 0.433. The van der Waals surface area contributed by atoms with E-state index in [1.54, 1.807) is 31.2 Å². The first-order valence-corrected chi connectivity index (χ1v) is 5.99. The van der Waals surface area contributed by atoms with E-state index in [0.29, 0.717) is 0 Å². The van der Waals surface area contributed by atoms with Gasteiger partial charge in [0.05, 0.1) is 6.04 Å². The molecule has 0 radical (unpaired) electrons. The number of carbonyl (C=O) groups excluding carboxylic acids is 1. The van der Waals surface area contributed by atoms with Crippen molar-refractivity contribution >= 4 is 5.78 Å². The Kier molecular flexibility index (Phi) is 3.64. The Hall–Kier alpha value is -1.78. The number of rotatable bonds is 2. The molecular weight excluding hydrogens is 255 g/mol. The summed E-state index contributed by atoms with van der Waals surface area (Å²) < 4.78 is 39.0. The van der Waals surface area contributed by atoms with Crippen LogP contribution >= 0.6 is 0 Å². The van der Waals surface area contributed by atoms with Crippen LogP contribution in [0.2, 0.25) is 0 Å². The zero-order valence-electron chi connectivity index (χ0n) is 10.4. The lowest BCUT2D eigenvalue weighted by Crippen LogP contribution is -2.47. The highest BCUT2D eigenvalue weighted by Gasteiger charge is 2.46. The Morgan fingerprint density at radius 2 is 1.89 bits per heavy atom. The zero-order valence-corrected chi connectivity index (χ0v) is 10.4. The summed E-state index contributed by atoms with van der Waals surface area (Å²) in [6.45, 7) is 1.70. The Morgan fingerprint density at radius 1 is 1.26 bits per heavy atom. The summed E-state index contributed by atoms with van der Waals surface area (Å²) in [5.41, 5.74) is 0.788. The van der Waals surface area contributed by atoms with Gasteiger partial charge in [-0.3, -0.25) is 4.79 Å². The summed E-state index contributed by atoms with van der Waals surface area (Å²) in [6, 6.07) is 6.76. The molecule has 5 heteroatoms. The van der Waals surface area contributed by atoms with Crippen molar-refractivity contribution in [2.45, 2.75) is 31.6 Å². The summed E-state index contributed by atoms with van der Waals surface area (Å²) in [5, 5.41) is 0. The Labute approximate surface area is 109 Å². The number of halogens is 3. The number of allylic oxidation sites excluding steroid dienone is 1. The standard InChI is InChI=1S/C14H14F3NO/c1-10(11-5-3-2-4-6-11)18-8-7-12(19)9-13(18)14(15,16)17/h2-8,10,13H,9H2,1H3/t10-,13+/m1/s1. The van der Waals surface area contributed by atoms with Crippen molar-refractivity contribution in [3.63, 3.8) is 0 Å². The second-order valence-corrected chi connectivity index (χ2v) is 4.58. The molecule has 0 amide bonds. The number of carbonyl (C=O) groups is 1. The van der Waals surface area contributed by atoms with Gasteiger partial charge in [0.1, 0.15) is 6.04 Å². The van der Waals surface area contributed by atoms with E-state index in [-0.39, 0.29) is 0 Å². The molecule has 1 aliphatic rings. The molecule has 2 rings (SSSR count).